The number of hydrogen-bond donors (Lipinski definition) is 1. The SMILES string of the molecule is CCNC(=NCC1CN(C)CCO1)N1CCN(c2cccs2)CC1.I. The second-order valence-electron chi connectivity index (χ2n) is 6.38. The molecule has 1 unspecified atom stereocenters. The van der Waals surface area contributed by atoms with Crippen LogP contribution in [0.4, 0.5) is 5.00 Å². The summed E-state index contributed by atoms with van der Waals surface area (Å²) in [6.45, 7) is 10.7. The summed E-state index contributed by atoms with van der Waals surface area (Å²) in [5, 5.41) is 6.96. The molecule has 2 aliphatic rings. The highest BCUT2D eigenvalue weighted by atomic mass is 127. The van der Waals surface area contributed by atoms with Gasteiger partial charge in [0.15, 0.2) is 5.96 Å². The van der Waals surface area contributed by atoms with Gasteiger partial charge in [-0.15, -0.1) is 35.3 Å². The number of nitrogens with one attached hydrogen (secondary N) is 1. The van der Waals surface area contributed by atoms with Gasteiger partial charge in [0.1, 0.15) is 0 Å². The normalized spacial score (nSPS) is 22.6. The third kappa shape index (κ3) is 5.97. The van der Waals surface area contributed by atoms with Crippen LogP contribution in [0.5, 0.6) is 0 Å². The van der Waals surface area contributed by atoms with E-state index in [9.17, 15) is 0 Å². The molecule has 0 aromatic carbocycles. The lowest BCUT2D eigenvalue weighted by Crippen LogP contribution is -2.52. The molecule has 0 radical (unpaired) electrons. The summed E-state index contributed by atoms with van der Waals surface area (Å²) in [6, 6.07) is 4.33. The lowest BCUT2D eigenvalue weighted by Gasteiger charge is -2.37. The summed E-state index contributed by atoms with van der Waals surface area (Å²) in [4.78, 5) is 12.0. The monoisotopic (exact) mass is 479 g/mol. The smallest absolute Gasteiger partial charge is 0.194 e. The Labute approximate surface area is 172 Å². The van der Waals surface area contributed by atoms with Crippen LogP contribution in [-0.2, 0) is 4.74 Å². The van der Waals surface area contributed by atoms with Crippen LogP contribution < -0.4 is 10.2 Å². The van der Waals surface area contributed by atoms with Crippen LogP contribution in [-0.4, -0.2) is 87.9 Å². The second kappa shape index (κ2) is 10.5. The lowest BCUT2D eigenvalue weighted by molar-refractivity contribution is -0.0137. The van der Waals surface area contributed by atoms with Gasteiger partial charge in [-0.25, -0.2) is 0 Å². The average Bonchev–Trinajstić information content (AvgIpc) is 3.13. The van der Waals surface area contributed by atoms with Crippen molar-refractivity contribution in [1.82, 2.24) is 15.1 Å². The zero-order valence-electron chi connectivity index (χ0n) is 15.2. The minimum atomic E-state index is 0. The Morgan fingerprint density at radius 1 is 1.32 bits per heavy atom. The predicted octanol–water partition coefficient (Wildman–Crippen LogP) is 1.78. The van der Waals surface area contributed by atoms with Gasteiger partial charge in [-0.1, -0.05) is 0 Å². The van der Waals surface area contributed by atoms with Crippen LogP contribution in [0.3, 0.4) is 0 Å². The predicted molar refractivity (Wildman–Crippen MR) is 117 cm³/mol. The van der Waals surface area contributed by atoms with Crippen LogP contribution in [0.1, 0.15) is 6.92 Å². The molecule has 6 nitrogen and oxygen atoms in total. The number of guanidine groups is 1. The Morgan fingerprint density at radius 3 is 2.76 bits per heavy atom. The maximum atomic E-state index is 5.83. The van der Waals surface area contributed by atoms with Crippen molar-refractivity contribution in [2.24, 2.45) is 4.99 Å². The van der Waals surface area contributed by atoms with E-state index in [2.05, 4.69) is 51.5 Å². The largest absolute Gasteiger partial charge is 0.374 e. The molecule has 3 heterocycles. The first-order chi connectivity index (χ1) is 11.8. The molecule has 0 spiro atoms. The fourth-order valence-corrected chi connectivity index (χ4v) is 3.97. The van der Waals surface area contributed by atoms with Crippen LogP contribution >= 0.6 is 35.3 Å². The number of anilines is 1. The number of piperazine rings is 1. The molecule has 2 fully saturated rings. The summed E-state index contributed by atoms with van der Waals surface area (Å²) >= 11 is 1.82. The number of hydrogen-bond acceptors (Lipinski definition) is 5. The molecule has 2 saturated heterocycles. The summed E-state index contributed by atoms with van der Waals surface area (Å²) < 4.78 is 5.83. The third-order valence-corrected chi connectivity index (χ3v) is 5.45. The highest BCUT2D eigenvalue weighted by Crippen LogP contribution is 2.22. The summed E-state index contributed by atoms with van der Waals surface area (Å²) in [5.74, 6) is 1.03. The molecule has 0 saturated carbocycles. The number of aliphatic imine (C=N–C) groups is 1. The maximum Gasteiger partial charge on any atom is 0.194 e. The molecule has 3 rings (SSSR count). The van der Waals surface area contributed by atoms with Crippen molar-refractivity contribution in [3.05, 3.63) is 17.5 Å². The van der Waals surface area contributed by atoms with Crippen molar-refractivity contribution < 1.29 is 4.74 Å². The van der Waals surface area contributed by atoms with Gasteiger partial charge in [-0.05, 0) is 31.5 Å². The van der Waals surface area contributed by atoms with E-state index in [4.69, 9.17) is 9.73 Å². The summed E-state index contributed by atoms with van der Waals surface area (Å²) in [7, 11) is 2.15. The minimum absolute atomic E-state index is 0. The molecule has 1 aromatic rings. The topological polar surface area (TPSA) is 43.3 Å². The number of rotatable bonds is 4. The number of nitrogens with zero attached hydrogens (tertiary/aromatic N) is 4. The van der Waals surface area contributed by atoms with E-state index in [-0.39, 0.29) is 30.1 Å². The molecular weight excluding hydrogens is 449 g/mol. The molecule has 25 heavy (non-hydrogen) atoms. The Kier molecular flexibility index (Phi) is 8.74. The standard InChI is InChI=1S/C17H29N5OS.HI/c1-3-18-17(19-13-15-14-20(2)10-11-23-15)22-8-6-21(7-9-22)16-5-4-12-24-16;/h4-5,12,15H,3,6-11,13-14H2,1-2H3,(H,18,19);1H. The first-order valence-electron chi connectivity index (χ1n) is 8.88. The van der Waals surface area contributed by atoms with Gasteiger partial charge in [0.25, 0.3) is 0 Å². The van der Waals surface area contributed by atoms with E-state index in [0.717, 1.165) is 64.9 Å². The van der Waals surface area contributed by atoms with Gasteiger partial charge in [0, 0.05) is 45.8 Å². The van der Waals surface area contributed by atoms with Gasteiger partial charge in [0.05, 0.1) is 24.3 Å². The fourth-order valence-electron chi connectivity index (χ4n) is 3.18. The number of ether oxygens (including phenoxy) is 1. The van der Waals surface area contributed by atoms with E-state index in [1.54, 1.807) is 0 Å². The number of halogens is 1. The quantitative estimate of drug-likeness (QED) is 0.406. The number of morpholine rings is 1. The molecule has 0 amide bonds. The van der Waals surface area contributed by atoms with E-state index in [1.165, 1.54) is 5.00 Å². The van der Waals surface area contributed by atoms with Gasteiger partial charge in [-0.2, -0.15) is 0 Å². The third-order valence-electron chi connectivity index (χ3n) is 4.52. The van der Waals surface area contributed by atoms with Gasteiger partial charge in [0.2, 0.25) is 0 Å². The molecule has 0 aliphatic carbocycles. The maximum absolute atomic E-state index is 5.83. The first-order valence-corrected chi connectivity index (χ1v) is 9.76. The average molecular weight is 479 g/mol. The van der Waals surface area contributed by atoms with Crippen molar-refractivity contribution in [2.45, 2.75) is 13.0 Å². The van der Waals surface area contributed by atoms with Crippen LogP contribution in [0.2, 0.25) is 0 Å². The van der Waals surface area contributed by atoms with Crippen molar-refractivity contribution in [1.29, 1.82) is 0 Å². The number of likely N-dealkylation sites (N-methyl/N-ethyl adjacent to an activating group) is 1. The van der Waals surface area contributed by atoms with E-state index in [1.807, 2.05) is 11.3 Å². The fraction of sp³-hybridized carbons (Fsp3) is 0.706. The Hall–Kier alpha value is -0.580. The lowest BCUT2D eigenvalue weighted by atomic mass is 10.3. The minimum Gasteiger partial charge on any atom is -0.374 e. The molecule has 8 heteroatoms. The van der Waals surface area contributed by atoms with Crippen molar-refractivity contribution >= 4 is 46.3 Å². The van der Waals surface area contributed by atoms with Gasteiger partial charge in [-0.3, -0.25) is 4.99 Å². The summed E-state index contributed by atoms with van der Waals surface area (Å²) in [5.41, 5.74) is 0. The van der Waals surface area contributed by atoms with Crippen molar-refractivity contribution in [3.8, 4) is 0 Å². The van der Waals surface area contributed by atoms with Crippen molar-refractivity contribution in [2.75, 3.05) is 70.9 Å². The Balaban J connectivity index is 0.00000225. The zero-order chi connectivity index (χ0) is 16.8. The van der Waals surface area contributed by atoms with Crippen LogP contribution in [0, 0.1) is 0 Å². The molecule has 2 aliphatic heterocycles. The van der Waals surface area contributed by atoms with E-state index < -0.39 is 0 Å². The molecule has 1 aromatic heterocycles. The van der Waals surface area contributed by atoms with E-state index in [0.29, 0.717) is 0 Å². The molecule has 0 bridgehead atoms. The van der Waals surface area contributed by atoms with Crippen LogP contribution in [0.15, 0.2) is 22.5 Å². The highest BCUT2D eigenvalue weighted by Gasteiger charge is 2.22. The zero-order valence-corrected chi connectivity index (χ0v) is 18.3. The van der Waals surface area contributed by atoms with Crippen molar-refractivity contribution in [3.63, 3.8) is 0 Å². The Morgan fingerprint density at radius 2 is 2.12 bits per heavy atom. The van der Waals surface area contributed by atoms with Crippen LogP contribution in [0.25, 0.3) is 0 Å². The van der Waals surface area contributed by atoms with E-state index >= 15 is 0 Å². The number of thiophene rings is 1. The molecular formula is C17H30IN5OS. The molecule has 1 N–H and O–H groups in total. The second-order valence-corrected chi connectivity index (χ2v) is 7.30. The highest BCUT2D eigenvalue weighted by molar-refractivity contribution is 14.0. The van der Waals surface area contributed by atoms with Gasteiger partial charge < -0.3 is 24.8 Å². The Bertz CT molecular complexity index is 519. The summed E-state index contributed by atoms with van der Waals surface area (Å²) in [6.07, 6.45) is 0.213. The van der Waals surface area contributed by atoms with Gasteiger partial charge >= 0.3 is 0 Å². The first kappa shape index (κ1) is 20.7. The molecule has 1 atom stereocenters. The molecule has 142 valence electrons.